The number of hydrogen-bond acceptors (Lipinski definition) is 5. The van der Waals surface area contributed by atoms with E-state index >= 15 is 0 Å². The summed E-state index contributed by atoms with van der Waals surface area (Å²) in [5.41, 5.74) is -1.09. The summed E-state index contributed by atoms with van der Waals surface area (Å²) in [6.07, 6.45) is 4.19. The zero-order valence-electron chi connectivity index (χ0n) is 13.5. The van der Waals surface area contributed by atoms with Crippen molar-refractivity contribution in [1.82, 2.24) is 0 Å². The minimum absolute atomic E-state index is 0.0172. The lowest BCUT2D eigenvalue weighted by Crippen LogP contribution is -2.67. The smallest absolute Gasteiger partial charge is 0.313 e. The molecule has 6 fully saturated rings. The Morgan fingerprint density at radius 2 is 2.14 bits per heavy atom. The van der Waals surface area contributed by atoms with Crippen LogP contribution in [-0.2, 0) is 23.8 Å². The fraction of sp³-hybridized carbons (Fsp3) is 0.882. The summed E-state index contributed by atoms with van der Waals surface area (Å²) in [6, 6.07) is 0. The highest BCUT2D eigenvalue weighted by atomic mass is 16.7. The van der Waals surface area contributed by atoms with Crippen molar-refractivity contribution in [1.29, 1.82) is 0 Å². The Morgan fingerprint density at radius 3 is 2.82 bits per heavy atom. The van der Waals surface area contributed by atoms with Gasteiger partial charge in [-0.15, -0.1) is 0 Å². The van der Waals surface area contributed by atoms with Crippen molar-refractivity contribution in [3.63, 3.8) is 0 Å². The molecule has 5 atom stereocenters. The number of ether oxygens (including phenoxy) is 3. The Morgan fingerprint density at radius 1 is 1.36 bits per heavy atom. The molecule has 5 nitrogen and oxygen atoms in total. The monoisotopic (exact) mass is 308 g/mol. The molecule has 0 amide bonds. The van der Waals surface area contributed by atoms with Gasteiger partial charge in [-0.3, -0.25) is 9.59 Å². The number of esters is 2. The number of rotatable bonds is 5. The van der Waals surface area contributed by atoms with Crippen LogP contribution in [-0.4, -0.2) is 30.4 Å². The highest BCUT2D eigenvalue weighted by Gasteiger charge is 2.77. The molecule has 1 spiro atoms. The largest absolute Gasteiger partial charge is 0.461 e. The van der Waals surface area contributed by atoms with E-state index in [4.69, 9.17) is 14.2 Å². The third-order valence-corrected chi connectivity index (χ3v) is 6.67. The van der Waals surface area contributed by atoms with Crippen LogP contribution in [0.1, 0.15) is 52.9 Å². The van der Waals surface area contributed by atoms with E-state index in [0.29, 0.717) is 11.8 Å². The first kappa shape index (κ1) is 14.5. The molecule has 0 aromatic heterocycles. The van der Waals surface area contributed by atoms with Gasteiger partial charge in [0.1, 0.15) is 6.10 Å². The SMILES string of the molecule is CCC(C)(C)C(=O)OCOC12CC3CC4(C1)C(=O)OC(C2)C34. The molecule has 5 unspecified atom stereocenters. The van der Waals surface area contributed by atoms with Gasteiger partial charge in [0.15, 0.2) is 6.79 Å². The highest BCUT2D eigenvalue weighted by molar-refractivity contribution is 5.82. The zero-order chi connectivity index (χ0) is 15.8. The van der Waals surface area contributed by atoms with Crippen LogP contribution in [0.2, 0.25) is 0 Å². The minimum atomic E-state index is -0.482. The summed E-state index contributed by atoms with van der Waals surface area (Å²) >= 11 is 0. The van der Waals surface area contributed by atoms with Crippen LogP contribution < -0.4 is 0 Å². The van der Waals surface area contributed by atoms with E-state index < -0.39 is 5.41 Å². The number of carbonyl (C=O) groups excluding carboxylic acids is 2. The molecule has 6 rings (SSSR count). The molecule has 0 aromatic carbocycles. The van der Waals surface area contributed by atoms with E-state index in [1.54, 1.807) is 0 Å². The van der Waals surface area contributed by atoms with E-state index in [1.165, 1.54) is 0 Å². The molecule has 0 N–H and O–H groups in total. The second-order valence-corrected chi connectivity index (χ2v) is 8.29. The summed E-state index contributed by atoms with van der Waals surface area (Å²) in [5.74, 6) is 0.719. The molecule has 0 radical (unpaired) electrons. The van der Waals surface area contributed by atoms with Gasteiger partial charge in [-0.25, -0.2) is 0 Å². The van der Waals surface area contributed by atoms with E-state index in [9.17, 15) is 9.59 Å². The number of hydrogen-bond donors (Lipinski definition) is 0. The first-order chi connectivity index (χ1) is 10.3. The second kappa shape index (κ2) is 4.25. The van der Waals surface area contributed by atoms with Crippen LogP contribution in [0.15, 0.2) is 0 Å². The average Bonchev–Trinajstić information content (AvgIpc) is 2.61. The Kier molecular flexibility index (Phi) is 2.80. The fourth-order valence-corrected chi connectivity index (χ4v) is 5.22. The molecule has 5 saturated carbocycles. The molecule has 22 heavy (non-hydrogen) atoms. The lowest BCUT2D eigenvalue weighted by Gasteiger charge is -2.64. The fourth-order valence-electron chi connectivity index (χ4n) is 5.22. The maximum atomic E-state index is 12.1. The predicted octanol–water partition coefficient (Wildman–Crippen LogP) is 2.42. The van der Waals surface area contributed by atoms with Crippen LogP contribution in [0, 0.1) is 22.7 Å². The Balaban J connectivity index is 1.41. The molecule has 5 aliphatic carbocycles. The molecule has 5 bridgehead atoms. The topological polar surface area (TPSA) is 61.8 Å². The maximum Gasteiger partial charge on any atom is 0.313 e. The van der Waals surface area contributed by atoms with Crippen molar-refractivity contribution >= 4 is 11.9 Å². The quantitative estimate of drug-likeness (QED) is 0.576. The molecular formula is C17H24O5. The normalized spacial score (nSPS) is 44.5. The van der Waals surface area contributed by atoms with Crippen LogP contribution in [0.4, 0.5) is 0 Å². The predicted molar refractivity (Wildman–Crippen MR) is 76.6 cm³/mol. The van der Waals surface area contributed by atoms with Crippen molar-refractivity contribution in [3.8, 4) is 0 Å². The van der Waals surface area contributed by atoms with Crippen molar-refractivity contribution < 1.29 is 23.8 Å². The minimum Gasteiger partial charge on any atom is -0.461 e. The lowest BCUT2D eigenvalue weighted by atomic mass is 9.39. The van der Waals surface area contributed by atoms with Crippen molar-refractivity contribution in [2.45, 2.75) is 64.6 Å². The van der Waals surface area contributed by atoms with Crippen molar-refractivity contribution in [2.24, 2.45) is 22.7 Å². The molecule has 5 heteroatoms. The lowest BCUT2D eigenvalue weighted by molar-refractivity contribution is -0.258. The molecule has 1 heterocycles. The van der Waals surface area contributed by atoms with E-state index in [2.05, 4.69) is 0 Å². The van der Waals surface area contributed by atoms with Gasteiger partial charge in [0.2, 0.25) is 0 Å². The Labute approximate surface area is 130 Å². The standard InChI is InChI=1S/C17H24O5/c1-4-15(2,3)13(18)20-9-21-16-5-10-6-17(8-16)12(10)11(7-16)22-14(17)19/h10-12H,4-9H2,1-3H3. The summed E-state index contributed by atoms with van der Waals surface area (Å²) in [7, 11) is 0. The molecule has 1 saturated heterocycles. The molecular weight excluding hydrogens is 284 g/mol. The molecule has 122 valence electrons. The molecule has 0 aromatic rings. The summed E-state index contributed by atoms with van der Waals surface area (Å²) in [4.78, 5) is 24.2. The van der Waals surface area contributed by atoms with Gasteiger partial charge in [0, 0.05) is 12.3 Å². The zero-order valence-corrected chi connectivity index (χ0v) is 13.5. The second-order valence-electron chi connectivity index (χ2n) is 8.29. The van der Waals surface area contributed by atoms with Crippen LogP contribution >= 0.6 is 0 Å². The van der Waals surface area contributed by atoms with Gasteiger partial charge in [0.05, 0.1) is 16.4 Å². The third-order valence-electron chi connectivity index (χ3n) is 6.67. The van der Waals surface area contributed by atoms with Crippen LogP contribution in [0.5, 0.6) is 0 Å². The Bertz CT molecular complexity index is 541. The highest BCUT2D eigenvalue weighted by Crippen LogP contribution is 2.73. The van der Waals surface area contributed by atoms with Gasteiger partial charge in [0.25, 0.3) is 0 Å². The first-order valence-electron chi connectivity index (χ1n) is 8.34. The summed E-state index contributed by atoms with van der Waals surface area (Å²) < 4.78 is 16.9. The first-order valence-corrected chi connectivity index (χ1v) is 8.34. The maximum absolute atomic E-state index is 12.1. The van der Waals surface area contributed by atoms with Gasteiger partial charge in [-0.2, -0.15) is 0 Å². The molecule has 1 aliphatic heterocycles. The van der Waals surface area contributed by atoms with E-state index in [0.717, 1.165) is 32.1 Å². The van der Waals surface area contributed by atoms with Crippen LogP contribution in [0.25, 0.3) is 0 Å². The van der Waals surface area contributed by atoms with Gasteiger partial charge < -0.3 is 14.2 Å². The van der Waals surface area contributed by atoms with Gasteiger partial charge >= 0.3 is 11.9 Å². The number of carbonyl (C=O) groups is 2. The summed E-state index contributed by atoms with van der Waals surface area (Å²) in [6.45, 7) is 5.70. The van der Waals surface area contributed by atoms with Crippen molar-refractivity contribution in [3.05, 3.63) is 0 Å². The third kappa shape index (κ3) is 1.69. The van der Waals surface area contributed by atoms with E-state index in [1.807, 2.05) is 20.8 Å². The van der Waals surface area contributed by atoms with Crippen LogP contribution in [0.3, 0.4) is 0 Å². The molecule has 6 aliphatic rings. The van der Waals surface area contributed by atoms with Gasteiger partial charge in [-0.05, 0) is 45.4 Å². The van der Waals surface area contributed by atoms with Gasteiger partial charge in [-0.1, -0.05) is 6.92 Å². The van der Waals surface area contributed by atoms with Crippen molar-refractivity contribution in [2.75, 3.05) is 6.79 Å². The average molecular weight is 308 g/mol. The summed E-state index contributed by atoms with van der Waals surface area (Å²) in [5, 5.41) is 0. The van der Waals surface area contributed by atoms with E-state index in [-0.39, 0.29) is 35.9 Å². The Hall–Kier alpha value is -1.10.